The summed E-state index contributed by atoms with van der Waals surface area (Å²) in [5.41, 5.74) is 2.97. The summed E-state index contributed by atoms with van der Waals surface area (Å²) in [6.07, 6.45) is 0.752. The first-order chi connectivity index (χ1) is 11.2. The normalized spacial score (nSPS) is 10.5. The van der Waals surface area contributed by atoms with Gasteiger partial charge in [-0.15, -0.1) is 11.3 Å². The van der Waals surface area contributed by atoms with Crippen LogP contribution in [0.1, 0.15) is 10.6 Å². The van der Waals surface area contributed by atoms with Gasteiger partial charge in [0.1, 0.15) is 5.75 Å². The maximum atomic E-state index is 10.7. The summed E-state index contributed by atoms with van der Waals surface area (Å²) in [6, 6.07) is 14.3. The van der Waals surface area contributed by atoms with Gasteiger partial charge in [-0.2, -0.15) is 0 Å². The van der Waals surface area contributed by atoms with Crippen LogP contribution in [0.15, 0.2) is 53.9 Å². The van der Waals surface area contributed by atoms with Crippen LogP contribution in [0.4, 0.5) is 5.69 Å². The van der Waals surface area contributed by atoms with Crippen molar-refractivity contribution in [1.29, 1.82) is 0 Å². The van der Waals surface area contributed by atoms with E-state index in [1.54, 1.807) is 30.6 Å². The second kappa shape index (κ2) is 6.58. The molecule has 0 saturated carbocycles. The Labute approximate surface area is 137 Å². The van der Waals surface area contributed by atoms with Gasteiger partial charge in [-0.3, -0.25) is 10.1 Å². The maximum absolute atomic E-state index is 10.7. The molecule has 0 spiro atoms. The lowest BCUT2D eigenvalue weighted by atomic mass is 10.1. The molecule has 23 heavy (non-hydrogen) atoms. The highest BCUT2D eigenvalue weighted by Gasteiger charge is 2.08. The number of nitro groups is 1. The van der Waals surface area contributed by atoms with Crippen LogP contribution in [0.5, 0.6) is 5.75 Å². The number of non-ortho nitro benzene ring substituents is 1. The first-order valence-electron chi connectivity index (χ1n) is 6.98. The fourth-order valence-electron chi connectivity index (χ4n) is 2.20. The van der Waals surface area contributed by atoms with Gasteiger partial charge in [0.2, 0.25) is 0 Å². The Hall–Kier alpha value is -2.73. The van der Waals surface area contributed by atoms with Gasteiger partial charge in [-0.1, -0.05) is 12.1 Å². The van der Waals surface area contributed by atoms with Crippen LogP contribution in [0.3, 0.4) is 0 Å². The number of rotatable bonds is 5. The number of nitro benzene ring substituents is 1. The van der Waals surface area contributed by atoms with E-state index in [2.05, 4.69) is 4.98 Å². The quantitative estimate of drug-likeness (QED) is 0.517. The predicted octanol–water partition coefficient (Wildman–Crippen LogP) is 4.32. The lowest BCUT2D eigenvalue weighted by Crippen LogP contribution is -1.89. The first kappa shape index (κ1) is 15.2. The largest absolute Gasteiger partial charge is 0.497 e. The summed E-state index contributed by atoms with van der Waals surface area (Å²) < 4.78 is 5.15. The van der Waals surface area contributed by atoms with Gasteiger partial charge in [-0.05, 0) is 29.8 Å². The molecule has 0 aliphatic rings. The van der Waals surface area contributed by atoms with Crippen molar-refractivity contribution in [3.63, 3.8) is 0 Å². The SMILES string of the molecule is COc1ccc(Cc2nc(-c3ccc([N+](=O)[O-])cc3)cs2)cc1. The Morgan fingerprint density at radius 1 is 1.13 bits per heavy atom. The second-order valence-corrected chi connectivity index (χ2v) is 5.90. The number of methoxy groups -OCH3 is 1. The molecule has 3 rings (SSSR count). The van der Waals surface area contributed by atoms with E-state index in [9.17, 15) is 10.1 Å². The summed E-state index contributed by atoms with van der Waals surface area (Å²) in [7, 11) is 1.65. The molecule has 0 N–H and O–H groups in total. The standard InChI is InChI=1S/C17H14N2O3S/c1-22-15-8-2-12(3-9-15)10-17-18-16(11-23-17)13-4-6-14(7-5-13)19(20)21/h2-9,11H,10H2,1H3. The summed E-state index contributed by atoms with van der Waals surface area (Å²) in [6.45, 7) is 0. The van der Waals surface area contributed by atoms with E-state index >= 15 is 0 Å². The zero-order chi connectivity index (χ0) is 16.2. The molecule has 3 aromatic rings. The lowest BCUT2D eigenvalue weighted by Gasteiger charge is -2.01. The Bertz CT molecular complexity index is 811. The molecule has 0 saturated heterocycles. The van der Waals surface area contributed by atoms with E-state index in [1.165, 1.54) is 12.1 Å². The number of aromatic nitrogens is 1. The van der Waals surface area contributed by atoms with Crippen molar-refractivity contribution < 1.29 is 9.66 Å². The van der Waals surface area contributed by atoms with E-state index in [0.717, 1.165) is 34.0 Å². The minimum atomic E-state index is -0.403. The third-order valence-corrected chi connectivity index (χ3v) is 4.29. The van der Waals surface area contributed by atoms with Crippen molar-refractivity contribution in [2.75, 3.05) is 7.11 Å². The third-order valence-electron chi connectivity index (χ3n) is 3.44. The van der Waals surface area contributed by atoms with Gasteiger partial charge in [0.25, 0.3) is 5.69 Å². The molecule has 0 radical (unpaired) electrons. The van der Waals surface area contributed by atoms with E-state index in [1.807, 2.05) is 29.6 Å². The molecule has 2 aromatic carbocycles. The van der Waals surface area contributed by atoms with Gasteiger partial charge >= 0.3 is 0 Å². The van der Waals surface area contributed by atoms with Crippen molar-refractivity contribution in [3.8, 4) is 17.0 Å². The molecular formula is C17H14N2O3S. The molecule has 116 valence electrons. The summed E-state index contributed by atoms with van der Waals surface area (Å²) in [5, 5.41) is 13.7. The first-order valence-corrected chi connectivity index (χ1v) is 7.86. The molecule has 0 aliphatic carbocycles. The second-order valence-electron chi connectivity index (χ2n) is 4.96. The number of ether oxygens (including phenoxy) is 1. The molecule has 1 aromatic heterocycles. The van der Waals surface area contributed by atoms with Crippen molar-refractivity contribution in [1.82, 2.24) is 4.98 Å². The topological polar surface area (TPSA) is 65.3 Å². The molecule has 5 nitrogen and oxygen atoms in total. The maximum Gasteiger partial charge on any atom is 0.269 e. The molecule has 6 heteroatoms. The highest BCUT2D eigenvalue weighted by Crippen LogP contribution is 2.25. The van der Waals surface area contributed by atoms with Crippen LogP contribution in [-0.2, 0) is 6.42 Å². The molecular weight excluding hydrogens is 312 g/mol. The van der Waals surface area contributed by atoms with Crippen LogP contribution < -0.4 is 4.74 Å². The van der Waals surface area contributed by atoms with Crippen LogP contribution >= 0.6 is 11.3 Å². The Balaban J connectivity index is 1.75. The fourth-order valence-corrected chi connectivity index (χ4v) is 3.03. The molecule has 0 fully saturated rings. The molecule has 1 heterocycles. The van der Waals surface area contributed by atoms with Gasteiger partial charge in [0, 0.05) is 29.5 Å². The van der Waals surface area contributed by atoms with E-state index < -0.39 is 4.92 Å². The average molecular weight is 326 g/mol. The molecule has 0 bridgehead atoms. The van der Waals surface area contributed by atoms with Crippen molar-refractivity contribution in [2.45, 2.75) is 6.42 Å². The van der Waals surface area contributed by atoms with Crippen LogP contribution in [-0.4, -0.2) is 17.0 Å². The highest BCUT2D eigenvalue weighted by atomic mass is 32.1. The van der Waals surface area contributed by atoms with Crippen molar-refractivity contribution in [3.05, 3.63) is 74.6 Å². The Morgan fingerprint density at radius 3 is 2.43 bits per heavy atom. The Kier molecular flexibility index (Phi) is 4.34. The Morgan fingerprint density at radius 2 is 1.83 bits per heavy atom. The van der Waals surface area contributed by atoms with Crippen LogP contribution in [0.2, 0.25) is 0 Å². The highest BCUT2D eigenvalue weighted by molar-refractivity contribution is 7.10. The molecule has 0 amide bonds. The summed E-state index contributed by atoms with van der Waals surface area (Å²) in [5.74, 6) is 0.833. The van der Waals surface area contributed by atoms with E-state index in [4.69, 9.17) is 4.74 Å². The molecule has 0 atom stereocenters. The fraction of sp³-hybridized carbons (Fsp3) is 0.118. The van der Waals surface area contributed by atoms with E-state index in [-0.39, 0.29) is 5.69 Å². The minimum Gasteiger partial charge on any atom is -0.497 e. The zero-order valence-electron chi connectivity index (χ0n) is 12.4. The van der Waals surface area contributed by atoms with Gasteiger partial charge < -0.3 is 4.74 Å². The average Bonchev–Trinajstić information content (AvgIpc) is 3.04. The minimum absolute atomic E-state index is 0.0856. The van der Waals surface area contributed by atoms with Gasteiger partial charge in [0.05, 0.1) is 22.7 Å². The van der Waals surface area contributed by atoms with Gasteiger partial charge in [-0.25, -0.2) is 4.98 Å². The number of thiazole rings is 1. The number of nitrogens with zero attached hydrogens (tertiary/aromatic N) is 2. The third kappa shape index (κ3) is 3.54. The lowest BCUT2D eigenvalue weighted by molar-refractivity contribution is -0.384. The molecule has 0 aliphatic heterocycles. The van der Waals surface area contributed by atoms with Crippen LogP contribution in [0, 0.1) is 10.1 Å². The zero-order valence-corrected chi connectivity index (χ0v) is 13.2. The monoisotopic (exact) mass is 326 g/mol. The summed E-state index contributed by atoms with van der Waals surface area (Å²) >= 11 is 1.58. The number of benzene rings is 2. The van der Waals surface area contributed by atoms with Crippen molar-refractivity contribution in [2.24, 2.45) is 0 Å². The molecule has 0 unspecified atom stereocenters. The number of hydrogen-bond donors (Lipinski definition) is 0. The van der Waals surface area contributed by atoms with Crippen LogP contribution in [0.25, 0.3) is 11.3 Å². The van der Waals surface area contributed by atoms with Gasteiger partial charge in [0.15, 0.2) is 0 Å². The predicted molar refractivity (Wildman–Crippen MR) is 90.0 cm³/mol. The smallest absolute Gasteiger partial charge is 0.269 e. The van der Waals surface area contributed by atoms with E-state index in [0.29, 0.717) is 0 Å². The number of hydrogen-bond acceptors (Lipinski definition) is 5. The van der Waals surface area contributed by atoms with Crippen molar-refractivity contribution >= 4 is 17.0 Å². The summed E-state index contributed by atoms with van der Waals surface area (Å²) in [4.78, 5) is 14.9.